The minimum atomic E-state index is -1.21. The molecule has 232 valence electrons. The fraction of sp³-hybridized carbons (Fsp3) is 0.152. The highest BCUT2D eigenvalue weighted by Gasteiger charge is 2.15. The van der Waals surface area contributed by atoms with Crippen LogP contribution in [0.5, 0.6) is 0 Å². The first-order chi connectivity index (χ1) is 22.0. The summed E-state index contributed by atoms with van der Waals surface area (Å²) in [6, 6.07) is 32.1. The predicted molar refractivity (Wildman–Crippen MR) is 155 cm³/mol. The summed E-state index contributed by atoms with van der Waals surface area (Å²) in [5.41, 5.74) is 3.79. The Morgan fingerprint density at radius 1 is 0.422 bits per heavy atom. The van der Waals surface area contributed by atoms with Crippen LogP contribution in [0.15, 0.2) is 109 Å². The van der Waals surface area contributed by atoms with E-state index >= 15 is 0 Å². The van der Waals surface area contributed by atoms with Crippen LogP contribution in [0.2, 0.25) is 0 Å². The highest BCUT2D eigenvalue weighted by Crippen LogP contribution is 2.21. The van der Waals surface area contributed by atoms with E-state index in [-0.39, 0.29) is 24.3 Å². The molecule has 4 rings (SSSR count). The maximum Gasteiger partial charge on any atom is 0.543 e. The van der Waals surface area contributed by atoms with Crippen molar-refractivity contribution < 1.29 is 58.3 Å². The average Bonchev–Trinajstić information content (AvgIpc) is 3.08. The van der Waals surface area contributed by atoms with Crippen LogP contribution in [0.4, 0.5) is 9.59 Å². The summed E-state index contributed by atoms with van der Waals surface area (Å²) in [6.45, 7) is -0.0749. The summed E-state index contributed by atoms with van der Waals surface area (Å²) in [5, 5.41) is 8.47. The normalized spacial score (nSPS) is 10.3. The molecule has 0 radical (unpaired) electrons. The lowest BCUT2D eigenvalue weighted by atomic mass is 10.0. The van der Waals surface area contributed by atoms with Crippen molar-refractivity contribution in [1.82, 2.24) is 0 Å². The predicted octanol–water partition coefficient (Wildman–Crippen LogP) is 7.20. The van der Waals surface area contributed by atoms with Crippen LogP contribution in [-0.4, -0.2) is 37.5 Å². The van der Waals surface area contributed by atoms with Crippen LogP contribution in [-0.2, 0) is 39.1 Å². The van der Waals surface area contributed by atoms with Crippen molar-refractivity contribution >= 4 is 24.2 Å². The zero-order valence-corrected chi connectivity index (χ0v) is 23.8. The van der Waals surface area contributed by atoms with Crippen molar-refractivity contribution in [2.24, 2.45) is 0 Å². The number of rotatable bonds is 14. The van der Waals surface area contributed by atoms with E-state index in [1.165, 1.54) is 12.1 Å². The largest absolute Gasteiger partial charge is 0.543 e. The van der Waals surface area contributed by atoms with Gasteiger partial charge in [0.1, 0.15) is 0 Å². The van der Waals surface area contributed by atoms with Crippen LogP contribution in [0, 0.1) is 0 Å². The van der Waals surface area contributed by atoms with Gasteiger partial charge in [-0.2, -0.15) is 0 Å². The first-order valence-electron chi connectivity index (χ1n) is 13.7. The molecular weight excluding hydrogens is 588 g/mol. The Morgan fingerprint density at radius 3 is 1.24 bits per heavy atom. The van der Waals surface area contributed by atoms with Crippen molar-refractivity contribution in [3.05, 3.63) is 120 Å². The smallest absolute Gasteiger partial charge is 0.432 e. The average molecular weight is 617 g/mol. The van der Waals surface area contributed by atoms with E-state index in [0.29, 0.717) is 19.3 Å². The van der Waals surface area contributed by atoms with Crippen LogP contribution in [0.3, 0.4) is 0 Å². The van der Waals surface area contributed by atoms with Gasteiger partial charge < -0.3 is 9.47 Å². The highest BCUT2D eigenvalue weighted by molar-refractivity contribution is 5.91. The van der Waals surface area contributed by atoms with E-state index in [1.54, 1.807) is 24.3 Å². The van der Waals surface area contributed by atoms with Crippen molar-refractivity contribution in [1.29, 1.82) is 0 Å². The van der Waals surface area contributed by atoms with E-state index in [0.717, 1.165) is 22.3 Å². The van der Waals surface area contributed by atoms with E-state index in [2.05, 4.69) is 29.6 Å². The van der Waals surface area contributed by atoms with Gasteiger partial charge in [-0.25, -0.2) is 29.0 Å². The lowest BCUT2D eigenvalue weighted by Gasteiger charge is -2.06. The van der Waals surface area contributed by atoms with Gasteiger partial charge in [-0.1, -0.05) is 84.9 Å². The molecule has 0 aliphatic rings. The Bertz CT molecular complexity index is 1440. The quantitative estimate of drug-likeness (QED) is 0.0611. The van der Waals surface area contributed by atoms with Gasteiger partial charge in [0.15, 0.2) is 0 Å². The molecule has 12 nitrogen and oxygen atoms in total. The molecule has 12 heteroatoms. The molecule has 0 saturated carbocycles. The number of hydrogen-bond donors (Lipinski definition) is 0. The SMILES string of the molecule is O=C(OCCCCCOC(=O)OOOC(=O)c1cccc(-c2ccccc2)c1)OOOC(=O)c1cccc(-c2ccccc2)c1. The minimum absolute atomic E-state index is 0.0375. The Kier molecular flexibility index (Phi) is 12.5. The molecule has 0 unspecified atom stereocenters. The lowest BCUT2D eigenvalue weighted by molar-refractivity contribution is -0.452. The van der Waals surface area contributed by atoms with Gasteiger partial charge in [-0.15, -0.1) is 0 Å². The summed E-state index contributed by atoms with van der Waals surface area (Å²) in [4.78, 5) is 65.1. The number of carbonyl (C=O) groups is 4. The van der Waals surface area contributed by atoms with Crippen molar-refractivity contribution in [3.8, 4) is 22.3 Å². The molecule has 0 saturated heterocycles. The van der Waals surface area contributed by atoms with Crippen LogP contribution >= 0.6 is 0 Å². The molecule has 0 N–H and O–H groups in total. The molecular formula is C33H28O12. The summed E-state index contributed by atoms with van der Waals surface area (Å²) >= 11 is 0. The topological polar surface area (TPSA) is 142 Å². The van der Waals surface area contributed by atoms with Gasteiger partial charge in [0, 0.05) is 0 Å². The lowest BCUT2D eigenvalue weighted by Crippen LogP contribution is -2.13. The molecule has 0 spiro atoms. The number of hydrogen-bond acceptors (Lipinski definition) is 12. The summed E-state index contributed by atoms with van der Waals surface area (Å²) in [7, 11) is 0. The molecule has 0 amide bonds. The second-order valence-corrected chi connectivity index (χ2v) is 9.20. The maximum atomic E-state index is 12.2. The Morgan fingerprint density at radius 2 is 0.822 bits per heavy atom. The summed E-state index contributed by atoms with van der Waals surface area (Å²) in [5.74, 6) is -1.73. The van der Waals surface area contributed by atoms with E-state index in [9.17, 15) is 19.2 Å². The fourth-order valence-corrected chi connectivity index (χ4v) is 3.90. The van der Waals surface area contributed by atoms with Gasteiger partial charge in [0.25, 0.3) is 0 Å². The first kappa shape index (κ1) is 32.2. The number of unbranched alkanes of at least 4 members (excludes halogenated alkanes) is 2. The molecule has 0 bridgehead atoms. The van der Waals surface area contributed by atoms with E-state index in [1.807, 2.05) is 72.8 Å². The summed E-state index contributed by atoms with van der Waals surface area (Å²) < 4.78 is 9.60. The Balaban J connectivity index is 1.01. The first-order valence-corrected chi connectivity index (χ1v) is 13.7. The zero-order chi connectivity index (χ0) is 31.7. The molecule has 0 atom stereocenters. The third kappa shape index (κ3) is 10.8. The number of benzene rings is 4. The van der Waals surface area contributed by atoms with Crippen LogP contribution in [0.1, 0.15) is 40.0 Å². The minimum Gasteiger partial charge on any atom is -0.432 e. The van der Waals surface area contributed by atoms with E-state index in [4.69, 9.17) is 9.47 Å². The van der Waals surface area contributed by atoms with Gasteiger partial charge in [-0.05, 0) is 65.8 Å². The number of ether oxygens (including phenoxy) is 2. The Hall–Kier alpha value is -5.72. The molecule has 45 heavy (non-hydrogen) atoms. The van der Waals surface area contributed by atoms with Crippen molar-refractivity contribution in [3.63, 3.8) is 0 Å². The van der Waals surface area contributed by atoms with E-state index < -0.39 is 24.2 Å². The maximum absolute atomic E-state index is 12.2. The fourth-order valence-electron chi connectivity index (χ4n) is 3.90. The Labute approximate surface area is 257 Å². The van der Waals surface area contributed by atoms with Crippen molar-refractivity contribution in [2.75, 3.05) is 13.2 Å². The second kappa shape index (κ2) is 17.4. The number of carbonyl (C=O) groups excluding carboxylic acids is 4. The second-order valence-electron chi connectivity index (χ2n) is 9.20. The molecule has 0 heterocycles. The third-order valence-corrected chi connectivity index (χ3v) is 6.06. The molecule has 0 aliphatic carbocycles. The molecule has 4 aromatic carbocycles. The van der Waals surface area contributed by atoms with Gasteiger partial charge in [-0.3, -0.25) is 9.78 Å². The highest BCUT2D eigenvalue weighted by atomic mass is 17.5. The monoisotopic (exact) mass is 616 g/mol. The zero-order valence-electron chi connectivity index (χ0n) is 23.8. The van der Waals surface area contributed by atoms with Gasteiger partial charge >= 0.3 is 24.2 Å². The van der Waals surface area contributed by atoms with Gasteiger partial charge in [0.2, 0.25) is 0 Å². The molecule has 0 aliphatic heterocycles. The third-order valence-electron chi connectivity index (χ3n) is 6.06. The van der Waals surface area contributed by atoms with Crippen LogP contribution < -0.4 is 0 Å². The van der Waals surface area contributed by atoms with Crippen LogP contribution in [0.25, 0.3) is 22.3 Å². The van der Waals surface area contributed by atoms with Crippen molar-refractivity contribution in [2.45, 2.75) is 19.3 Å². The molecule has 0 fully saturated rings. The molecule has 4 aromatic rings. The van der Waals surface area contributed by atoms with Gasteiger partial charge in [0.05, 0.1) is 34.4 Å². The standard InChI is InChI=1S/C33H28O12/c34-30(28-18-10-16-26(22-28)24-12-4-1-5-13-24)40-44-42-32(36)38-20-8-3-9-21-39-33(37)43-45-41-31(35)29-19-11-17-27(23-29)25-14-6-2-7-15-25/h1-2,4-7,10-19,22-23H,3,8-9,20-21H2. The summed E-state index contributed by atoms with van der Waals surface area (Å²) in [6.07, 6.45) is -1.12. The molecule has 0 aromatic heterocycles.